The summed E-state index contributed by atoms with van der Waals surface area (Å²) < 4.78 is 11.4. The van der Waals surface area contributed by atoms with E-state index in [4.69, 9.17) is 9.15 Å². The molecule has 3 rings (SSSR count). The normalized spacial score (nSPS) is 11.5. The molecule has 0 unspecified atom stereocenters. The molecule has 164 valence electrons. The van der Waals surface area contributed by atoms with E-state index in [0.29, 0.717) is 16.9 Å². The first-order chi connectivity index (χ1) is 15.1. The highest BCUT2D eigenvalue weighted by Gasteiger charge is 2.22. The Morgan fingerprint density at radius 2 is 1.62 bits per heavy atom. The summed E-state index contributed by atoms with van der Waals surface area (Å²) in [5.74, 6) is -0.334. The van der Waals surface area contributed by atoms with Gasteiger partial charge in [0, 0.05) is 12.1 Å². The molecule has 0 saturated heterocycles. The third-order valence-electron chi connectivity index (χ3n) is 4.71. The third kappa shape index (κ3) is 4.30. The standard InChI is InChI=1S/C26H24O6/c1-14(2)6-9-18-21(31-5)13-22-23(24(18)29)25(30)19(10-7-15(3)4)26(32-22)17-11-8-16(27)12-20(17)28/h6-13,27-29H,1,3H2,2,4-5H3. The number of allylic oxidation sites excluding steroid dienone is 4. The molecule has 0 amide bonds. The minimum atomic E-state index is -0.503. The number of hydrogen-bond acceptors (Lipinski definition) is 6. The largest absolute Gasteiger partial charge is 0.508 e. The van der Waals surface area contributed by atoms with Crippen molar-refractivity contribution in [3.8, 4) is 34.3 Å². The predicted molar refractivity (Wildman–Crippen MR) is 127 cm³/mol. The molecule has 0 bridgehead atoms. The van der Waals surface area contributed by atoms with Gasteiger partial charge in [-0.2, -0.15) is 0 Å². The fourth-order valence-electron chi connectivity index (χ4n) is 3.18. The van der Waals surface area contributed by atoms with Crippen LogP contribution in [0.15, 0.2) is 69.9 Å². The Balaban J connectivity index is 2.46. The molecule has 6 heteroatoms. The van der Waals surface area contributed by atoms with Crippen LogP contribution in [-0.2, 0) is 0 Å². The molecule has 0 saturated carbocycles. The number of rotatable bonds is 6. The van der Waals surface area contributed by atoms with Crippen LogP contribution >= 0.6 is 0 Å². The summed E-state index contributed by atoms with van der Waals surface area (Å²) >= 11 is 0. The topological polar surface area (TPSA) is 100 Å². The van der Waals surface area contributed by atoms with E-state index in [2.05, 4.69) is 13.2 Å². The first kappa shape index (κ1) is 22.5. The van der Waals surface area contributed by atoms with Crippen molar-refractivity contribution < 1.29 is 24.5 Å². The molecular weight excluding hydrogens is 408 g/mol. The van der Waals surface area contributed by atoms with Gasteiger partial charge < -0.3 is 24.5 Å². The molecule has 1 heterocycles. The Bertz CT molecular complexity index is 1360. The van der Waals surface area contributed by atoms with Crippen LogP contribution in [0.2, 0.25) is 0 Å². The molecule has 3 N–H and O–H groups in total. The van der Waals surface area contributed by atoms with Gasteiger partial charge in [0.15, 0.2) is 0 Å². The number of ether oxygens (including phenoxy) is 1. The quantitative estimate of drug-likeness (QED) is 0.428. The highest BCUT2D eigenvalue weighted by atomic mass is 16.5. The van der Waals surface area contributed by atoms with Crippen molar-refractivity contribution in [2.45, 2.75) is 13.8 Å². The highest BCUT2D eigenvalue weighted by Crippen LogP contribution is 2.40. The van der Waals surface area contributed by atoms with Crippen LogP contribution in [-0.4, -0.2) is 22.4 Å². The van der Waals surface area contributed by atoms with Crippen molar-refractivity contribution in [1.29, 1.82) is 0 Å². The number of phenolic OH excluding ortho intramolecular Hbond substituents is 3. The zero-order chi connectivity index (χ0) is 23.6. The van der Waals surface area contributed by atoms with E-state index >= 15 is 0 Å². The molecule has 1 aromatic heterocycles. The molecule has 0 aliphatic heterocycles. The zero-order valence-electron chi connectivity index (χ0n) is 18.1. The van der Waals surface area contributed by atoms with Gasteiger partial charge in [-0.3, -0.25) is 4.79 Å². The van der Waals surface area contributed by atoms with Gasteiger partial charge in [0.2, 0.25) is 5.43 Å². The van der Waals surface area contributed by atoms with Crippen LogP contribution in [0.25, 0.3) is 34.4 Å². The summed E-state index contributed by atoms with van der Waals surface area (Å²) in [6.45, 7) is 11.2. The van der Waals surface area contributed by atoms with Crippen LogP contribution in [0.4, 0.5) is 0 Å². The van der Waals surface area contributed by atoms with E-state index in [1.165, 1.54) is 31.4 Å². The zero-order valence-corrected chi connectivity index (χ0v) is 18.1. The molecule has 32 heavy (non-hydrogen) atoms. The van der Waals surface area contributed by atoms with Gasteiger partial charge in [-0.25, -0.2) is 0 Å². The lowest BCUT2D eigenvalue weighted by Crippen LogP contribution is -2.09. The second-order valence-electron chi connectivity index (χ2n) is 7.45. The SMILES string of the molecule is C=C(C)C=Cc1c(OC)cc2oc(-c3ccc(O)cc3O)c(C=CC(=C)C)c(=O)c2c1O. The first-order valence-electron chi connectivity index (χ1n) is 9.74. The lowest BCUT2D eigenvalue weighted by Gasteiger charge is -2.13. The monoisotopic (exact) mass is 432 g/mol. The van der Waals surface area contributed by atoms with Gasteiger partial charge in [-0.1, -0.05) is 36.5 Å². The lowest BCUT2D eigenvalue weighted by atomic mass is 10.00. The van der Waals surface area contributed by atoms with Gasteiger partial charge in [0.25, 0.3) is 0 Å². The Morgan fingerprint density at radius 3 is 2.19 bits per heavy atom. The molecule has 0 aliphatic carbocycles. The van der Waals surface area contributed by atoms with Crippen LogP contribution in [0.5, 0.6) is 23.0 Å². The number of phenols is 3. The average molecular weight is 432 g/mol. The number of aromatic hydroxyl groups is 3. The maximum absolute atomic E-state index is 13.5. The smallest absolute Gasteiger partial charge is 0.204 e. The van der Waals surface area contributed by atoms with Gasteiger partial charge in [0.1, 0.15) is 39.7 Å². The Labute approximate surface area is 185 Å². The Hall–Kier alpha value is -4.19. The minimum absolute atomic E-state index is 0.0319. The summed E-state index contributed by atoms with van der Waals surface area (Å²) in [4.78, 5) is 13.5. The summed E-state index contributed by atoms with van der Waals surface area (Å²) in [5, 5.41) is 30.9. The Morgan fingerprint density at radius 1 is 1.00 bits per heavy atom. The van der Waals surface area contributed by atoms with E-state index in [9.17, 15) is 20.1 Å². The molecule has 0 radical (unpaired) electrons. The molecule has 0 fully saturated rings. The third-order valence-corrected chi connectivity index (χ3v) is 4.71. The van der Waals surface area contributed by atoms with Crippen molar-refractivity contribution in [3.05, 3.63) is 82.1 Å². The lowest BCUT2D eigenvalue weighted by molar-refractivity contribution is 0.406. The number of fused-ring (bicyclic) bond motifs is 1. The van der Waals surface area contributed by atoms with Crippen LogP contribution in [0, 0.1) is 0 Å². The second kappa shape index (κ2) is 8.89. The number of methoxy groups -OCH3 is 1. The van der Waals surface area contributed by atoms with E-state index in [-0.39, 0.29) is 45.1 Å². The maximum Gasteiger partial charge on any atom is 0.204 e. The van der Waals surface area contributed by atoms with Crippen molar-refractivity contribution in [2.24, 2.45) is 0 Å². The number of benzene rings is 2. The van der Waals surface area contributed by atoms with Gasteiger partial charge in [0.05, 0.1) is 23.8 Å². The molecule has 6 nitrogen and oxygen atoms in total. The fraction of sp³-hybridized carbons (Fsp3) is 0.115. The maximum atomic E-state index is 13.5. The second-order valence-corrected chi connectivity index (χ2v) is 7.45. The average Bonchev–Trinajstić information content (AvgIpc) is 2.71. The molecule has 0 aliphatic rings. The molecule has 2 aromatic carbocycles. The molecule has 0 atom stereocenters. The number of hydrogen-bond donors (Lipinski definition) is 3. The van der Waals surface area contributed by atoms with Crippen molar-refractivity contribution >= 4 is 23.1 Å². The molecule has 0 spiro atoms. The predicted octanol–water partition coefficient (Wildman–Crippen LogP) is 5.76. The van der Waals surface area contributed by atoms with E-state index < -0.39 is 5.43 Å². The van der Waals surface area contributed by atoms with E-state index in [0.717, 1.165) is 11.6 Å². The first-order valence-corrected chi connectivity index (χ1v) is 9.74. The van der Waals surface area contributed by atoms with Gasteiger partial charge in [-0.05, 0) is 38.1 Å². The summed E-state index contributed by atoms with van der Waals surface area (Å²) in [6, 6.07) is 5.46. The van der Waals surface area contributed by atoms with Crippen LogP contribution in [0.1, 0.15) is 25.0 Å². The van der Waals surface area contributed by atoms with E-state index in [1.807, 2.05) is 0 Å². The minimum Gasteiger partial charge on any atom is -0.508 e. The molecule has 3 aromatic rings. The van der Waals surface area contributed by atoms with Gasteiger partial charge >= 0.3 is 0 Å². The van der Waals surface area contributed by atoms with Gasteiger partial charge in [-0.15, -0.1) is 0 Å². The van der Waals surface area contributed by atoms with Crippen LogP contribution in [0.3, 0.4) is 0 Å². The molecular formula is C26H24O6. The Kier molecular flexibility index (Phi) is 6.25. The van der Waals surface area contributed by atoms with E-state index in [1.54, 1.807) is 32.1 Å². The highest BCUT2D eigenvalue weighted by molar-refractivity contribution is 5.94. The van der Waals surface area contributed by atoms with Crippen molar-refractivity contribution in [1.82, 2.24) is 0 Å². The fourth-order valence-corrected chi connectivity index (χ4v) is 3.18. The van der Waals surface area contributed by atoms with Crippen LogP contribution < -0.4 is 10.2 Å². The van der Waals surface area contributed by atoms with Crippen molar-refractivity contribution in [3.63, 3.8) is 0 Å². The summed E-state index contributed by atoms with van der Waals surface area (Å²) in [5.41, 5.74) is 1.63. The summed E-state index contributed by atoms with van der Waals surface area (Å²) in [7, 11) is 1.44. The summed E-state index contributed by atoms with van der Waals surface area (Å²) in [6.07, 6.45) is 6.44. The van der Waals surface area contributed by atoms with Crippen molar-refractivity contribution in [2.75, 3.05) is 7.11 Å².